The summed E-state index contributed by atoms with van der Waals surface area (Å²) in [5.41, 5.74) is 6.73. The maximum atomic E-state index is 8.65. The largest absolute Gasteiger partial charge is 0.395 e. The van der Waals surface area contributed by atoms with Crippen LogP contribution in [0.5, 0.6) is 0 Å². The first kappa shape index (κ1) is 10.2. The molecule has 1 aromatic heterocycles. The zero-order chi connectivity index (χ0) is 9.52. The van der Waals surface area contributed by atoms with Crippen molar-refractivity contribution in [2.45, 2.75) is 12.5 Å². The summed E-state index contributed by atoms with van der Waals surface area (Å²) >= 11 is 0. The topological polar surface area (TPSA) is 74.1 Å². The minimum atomic E-state index is -0.149. The molecule has 0 bridgehead atoms. The summed E-state index contributed by atoms with van der Waals surface area (Å²) in [6, 6.07) is 3.88. The highest BCUT2D eigenvalue weighted by Gasteiger charge is 1.98. The van der Waals surface area contributed by atoms with E-state index < -0.39 is 0 Å². The lowest BCUT2D eigenvalue weighted by molar-refractivity contribution is 0.262. The normalized spacial score (nSPS) is 13.1. The van der Waals surface area contributed by atoms with Gasteiger partial charge in [-0.05, 0) is 18.6 Å². The van der Waals surface area contributed by atoms with Gasteiger partial charge in [0, 0.05) is 31.0 Å². The van der Waals surface area contributed by atoms with Crippen LogP contribution in [0.1, 0.15) is 5.69 Å². The predicted molar refractivity (Wildman–Crippen MR) is 52.4 cm³/mol. The number of nitrogens with two attached hydrogens (primary N) is 1. The van der Waals surface area contributed by atoms with Crippen LogP contribution in [-0.2, 0) is 6.42 Å². The number of H-pyrrole nitrogens is 1. The molecule has 0 aromatic carbocycles. The fraction of sp³-hybridized carbons (Fsp3) is 0.556. The van der Waals surface area contributed by atoms with Gasteiger partial charge in [0.15, 0.2) is 0 Å². The molecule has 1 rings (SSSR count). The Bertz CT molecular complexity index is 211. The van der Waals surface area contributed by atoms with Crippen molar-refractivity contribution in [3.63, 3.8) is 0 Å². The quantitative estimate of drug-likeness (QED) is 0.448. The second-order valence-corrected chi connectivity index (χ2v) is 3.09. The van der Waals surface area contributed by atoms with Gasteiger partial charge in [-0.15, -0.1) is 0 Å². The van der Waals surface area contributed by atoms with Crippen LogP contribution in [0.3, 0.4) is 0 Å². The van der Waals surface area contributed by atoms with Crippen molar-refractivity contribution in [1.29, 1.82) is 0 Å². The summed E-state index contributed by atoms with van der Waals surface area (Å²) in [5, 5.41) is 11.8. The average Bonchev–Trinajstić information content (AvgIpc) is 2.64. The first-order chi connectivity index (χ1) is 6.33. The van der Waals surface area contributed by atoms with Gasteiger partial charge in [0.05, 0.1) is 6.61 Å². The Hall–Kier alpha value is -0.840. The second-order valence-electron chi connectivity index (χ2n) is 3.09. The molecule has 0 radical (unpaired) electrons. The molecular weight excluding hydrogens is 166 g/mol. The first-order valence-electron chi connectivity index (χ1n) is 4.52. The van der Waals surface area contributed by atoms with Gasteiger partial charge in [-0.3, -0.25) is 0 Å². The second kappa shape index (κ2) is 5.75. The Kier molecular flexibility index (Phi) is 4.53. The van der Waals surface area contributed by atoms with E-state index in [-0.39, 0.29) is 12.6 Å². The van der Waals surface area contributed by atoms with Gasteiger partial charge in [-0.1, -0.05) is 0 Å². The Morgan fingerprint density at radius 3 is 3.08 bits per heavy atom. The number of aromatic amines is 1. The van der Waals surface area contributed by atoms with Crippen LogP contribution in [-0.4, -0.2) is 35.8 Å². The first-order valence-corrected chi connectivity index (χ1v) is 4.52. The van der Waals surface area contributed by atoms with E-state index in [0.29, 0.717) is 6.54 Å². The zero-order valence-corrected chi connectivity index (χ0v) is 7.66. The Labute approximate surface area is 78.1 Å². The van der Waals surface area contributed by atoms with Gasteiger partial charge in [0.1, 0.15) is 0 Å². The summed E-state index contributed by atoms with van der Waals surface area (Å²) in [6.45, 7) is 1.58. The zero-order valence-electron chi connectivity index (χ0n) is 7.66. The van der Waals surface area contributed by atoms with E-state index in [1.165, 1.54) is 5.69 Å². The lowest BCUT2D eigenvalue weighted by Gasteiger charge is -2.08. The van der Waals surface area contributed by atoms with Gasteiger partial charge < -0.3 is 21.1 Å². The van der Waals surface area contributed by atoms with Gasteiger partial charge in [-0.25, -0.2) is 0 Å². The van der Waals surface area contributed by atoms with E-state index in [1.54, 1.807) is 0 Å². The van der Waals surface area contributed by atoms with Crippen LogP contribution < -0.4 is 11.1 Å². The fourth-order valence-electron chi connectivity index (χ4n) is 1.10. The maximum absolute atomic E-state index is 8.65. The molecular formula is C9H17N3O. The van der Waals surface area contributed by atoms with Crippen molar-refractivity contribution in [3.05, 3.63) is 24.0 Å². The van der Waals surface area contributed by atoms with Crippen LogP contribution in [0.15, 0.2) is 18.3 Å². The number of nitrogens with one attached hydrogen (secondary N) is 2. The van der Waals surface area contributed by atoms with Crippen molar-refractivity contribution in [3.8, 4) is 0 Å². The number of aromatic nitrogens is 1. The third kappa shape index (κ3) is 4.07. The molecule has 1 heterocycles. The van der Waals surface area contributed by atoms with Gasteiger partial charge >= 0.3 is 0 Å². The fourth-order valence-corrected chi connectivity index (χ4v) is 1.10. The SMILES string of the molecule is NC(CO)CNCCc1ccc[nH]1. The Morgan fingerprint density at radius 2 is 2.46 bits per heavy atom. The number of aliphatic hydroxyl groups is 1. The summed E-state index contributed by atoms with van der Waals surface area (Å²) in [6.07, 6.45) is 2.87. The van der Waals surface area contributed by atoms with Crippen molar-refractivity contribution in [2.24, 2.45) is 5.73 Å². The molecule has 0 saturated carbocycles. The molecule has 4 heteroatoms. The summed E-state index contributed by atoms with van der Waals surface area (Å²) < 4.78 is 0. The van der Waals surface area contributed by atoms with Crippen molar-refractivity contribution < 1.29 is 5.11 Å². The highest BCUT2D eigenvalue weighted by atomic mass is 16.3. The minimum absolute atomic E-state index is 0.0372. The number of aliphatic hydroxyl groups excluding tert-OH is 1. The molecule has 1 aromatic rings. The third-order valence-electron chi connectivity index (χ3n) is 1.87. The van der Waals surface area contributed by atoms with Crippen LogP contribution in [0.4, 0.5) is 0 Å². The summed E-state index contributed by atoms with van der Waals surface area (Å²) in [4.78, 5) is 3.12. The monoisotopic (exact) mass is 183 g/mol. The maximum Gasteiger partial charge on any atom is 0.0594 e. The van der Waals surface area contributed by atoms with Gasteiger partial charge in [0.2, 0.25) is 0 Å². The van der Waals surface area contributed by atoms with Crippen LogP contribution in [0.2, 0.25) is 0 Å². The van der Waals surface area contributed by atoms with Crippen LogP contribution in [0, 0.1) is 0 Å². The van der Waals surface area contributed by atoms with E-state index >= 15 is 0 Å². The molecule has 0 aliphatic rings. The van der Waals surface area contributed by atoms with E-state index in [1.807, 2.05) is 18.3 Å². The molecule has 0 aliphatic carbocycles. The van der Waals surface area contributed by atoms with Crippen molar-refractivity contribution in [2.75, 3.05) is 19.7 Å². The Morgan fingerprint density at radius 1 is 1.62 bits per heavy atom. The Balaban J connectivity index is 2.02. The van der Waals surface area contributed by atoms with Crippen molar-refractivity contribution >= 4 is 0 Å². The van der Waals surface area contributed by atoms with E-state index in [2.05, 4.69) is 10.3 Å². The van der Waals surface area contributed by atoms with Crippen LogP contribution >= 0.6 is 0 Å². The summed E-state index contributed by atoms with van der Waals surface area (Å²) in [7, 11) is 0. The van der Waals surface area contributed by atoms with Gasteiger partial charge in [0.25, 0.3) is 0 Å². The molecule has 0 spiro atoms. The molecule has 0 aliphatic heterocycles. The molecule has 0 saturated heterocycles. The smallest absolute Gasteiger partial charge is 0.0594 e. The van der Waals surface area contributed by atoms with Gasteiger partial charge in [-0.2, -0.15) is 0 Å². The lowest BCUT2D eigenvalue weighted by atomic mass is 10.3. The lowest BCUT2D eigenvalue weighted by Crippen LogP contribution is -2.37. The number of hydrogen-bond donors (Lipinski definition) is 4. The van der Waals surface area contributed by atoms with E-state index in [0.717, 1.165) is 13.0 Å². The molecule has 0 amide bonds. The van der Waals surface area contributed by atoms with Crippen LogP contribution in [0.25, 0.3) is 0 Å². The predicted octanol–water partition coefficient (Wildman–Crippen LogP) is -0.534. The van der Waals surface area contributed by atoms with E-state index in [9.17, 15) is 0 Å². The minimum Gasteiger partial charge on any atom is -0.395 e. The highest BCUT2D eigenvalue weighted by Crippen LogP contribution is 1.93. The highest BCUT2D eigenvalue weighted by molar-refractivity contribution is 5.03. The molecule has 4 nitrogen and oxygen atoms in total. The van der Waals surface area contributed by atoms with E-state index in [4.69, 9.17) is 10.8 Å². The summed E-state index contributed by atoms with van der Waals surface area (Å²) in [5.74, 6) is 0. The third-order valence-corrected chi connectivity index (χ3v) is 1.87. The molecule has 74 valence electrons. The number of rotatable bonds is 6. The number of hydrogen-bond acceptors (Lipinski definition) is 3. The molecule has 0 fully saturated rings. The average molecular weight is 183 g/mol. The molecule has 13 heavy (non-hydrogen) atoms. The standard InChI is InChI=1S/C9H17N3O/c10-8(7-13)6-11-5-3-9-2-1-4-12-9/h1-2,4,8,11-13H,3,5-7,10H2. The molecule has 1 unspecified atom stereocenters. The molecule has 1 atom stereocenters. The molecule has 5 N–H and O–H groups in total. The van der Waals surface area contributed by atoms with Crippen molar-refractivity contribution in [1.82, 2.24) is 10.3 Å².